The van der Waals surface area contributed by atoms with Gasteiger partial charge in [0.15, 0.2) is 0 Å². The van der Waals surface area contributed by atoms with E-state index in [0.29, 0.717) is 12.1 Å². The van der Waals surface area contributed by atoms with Gasteiger partial charge in [0.25, 0.3) is 5.91 Å². The highest BCUT2D eigenvalue weighted by molar-refractivity contribution is 5.93. The number of imidazole rings is 2. The van der Waals surface area contributed by atoms with Crippen LogP contribution in [0.25, 0.3) is 5.82 Å². The van der Waals surface area contributed by atoms with Crippen molar-refractivity contribution in [3.05, 3.63) is 60.8 Å². The monoisotopic (exact) mass is 310 g/mol. The minimum Gasteiger partial charge on any atom is -0.352 e. The molecule has 3 aromatic rings. The van der Waals surface area contributed by atoms with Crippen LogP contribution in [0.15, 0.2) is 49.4 Å². The van der Waals surface area contributed by atoms with Crippen molar-refractivity contribution in [1.82, 2.24) is 29.8 Å². The van der Waals surface area contributed by atoms with Crippen molar-refractivity contribution in [2.75, 3.05) is 6.54 Å². The predicted octanol–water partition coefficient (Wildman–Crippen LogP) is 1.74. The number of carbonyl (C=O) groups excluding carboxylic acids is 1. The van der Waals surface area contributed by atoms with Crippen LogP contribution in [-0.2, 0) is 6.42 Å². The first-order valence-corrected chi connectivity index (χ1v) is 7.54. The van der Waals surface area contributed by atoms with Crippen molar-refractivity contribution >= 4 is 5.91 Å². The zero-order valence-electron chi connectivity index (χ0n) is 12.6. The lowest BCUT2D eigenvalue weighted by Crippen LogP contribution is -2.24. The molecule has 0 aromatic carbocycles. The molecule has 0 saturated carbocycles. The third-order valence-corrected chi connectivity index (χ3v) is 3.46. The number of amides is 1. The number of rotatable bonds is 7. The number of hydrogen-bond donors (Lipinski definition) is 2. The summed E-state index contributed by atoms with van der Waals surface area (Å²) < 4.78 is 1.79. The molecule has 7 heteroatoms. The molecule has 23 heavy (non-hydrogen) atoms. The standard InChI is InChI=1S/C16H18N6O/c23-16(20-6-2-1-3-14-18-7-8-19-14)13-4-5-15(21-11-13)22-10-9-17-12-22/h4-5,7-12H,1-3,6H2,(H,18,19)(H,20,23). The van der Waals surface area contributed by atoms with Crippen LogP contribution in [0.2, 0.25) is 0 Å². The van der Waals surface area contributed by atoms with Crippen LogP contribution in [0.5, 0.6) is 0 Å². The fourth-order valence-electron chi connectivity index (χ4n) is 2.22. The second kappa shape index (κ2) is 7.35. The molecule has 3 heterocycles. The number of aryl methyl sites for hydroxylation is 1. The van der Waals surface area contributed by atoms with Gasteiger partial charge in [-0.2, -0.15) is 0 Å². The summed E-state index contributed by atoms with van der Waals surface area (Å²) in [6, 6.07) is 3.56. The molecule has 0 unspecified atom stereocenters. The highest BCUT2D eigenvalue weighted by Crippen LogP contribution is 2.05. The average Bonchev–Trinajstić information content (AvgIpc) is 3.28. The van der Waals surface area contributed by atoms with Crippen LogP contribution < -0.4 is 5.32 Å². The molecule has 0 atom stereocenters. The fraction of sp³-hybridized carbons (Fsp3) is 0.250. The van der Waals surface area contributed by atoms with E-state index in [1.807, 2.05) is 6.20 Å². The minimum absolute atomic E-state index is 0.104. The lowest BCUT2D eigenvalue weighted by molar-refractivity contribution is 0.0952. The summed E-state index contributed by atoms with van der Waals surface area (Å²) in [5, 5.41) is 2.90. The lowest BCUT2D eigenvalue weighted by atomic mass is 10.2. The average molecular weight is 310 g/mol. The Hall–Kier alpha value is -2.96. The number of H-pyrrole nitrogens is 1. The Morgan fingerprint density at radius 3 is 2.87 bits per heavy atom. The summed E-state index contributed by atoms with van der Waals surface area (Å²) in [5.41, 5.74) is 0.555. The molecule has 7 nitrogen and oxygen atoms in total. The van der Waals surface area contributed by atoms with Gasteiger partial charge in [-0.3, -0.25) is 9.36 Å². The third kappa shape index (κ3) is 4.03. The zero-order chi connectivity index (χ0) is 15.9. The van der Waals surface area contributed by atoms with Crippen molar-refractivity contribution < 1.29 is 4.79 Å². The van der Waals surface area contributed by atoms with Gasteiger partial charge in [0.1, 0.15) is 18.0 Å². The molecule has 0 aliphatic rings. The minimum atomic E-state index is -0.104. The number of unbranched alkanes of at least 4 members (excludes halogenated alkanes) is 1. The van der Waals surface area contributed by atoms with Crippen molar-refractivity contribution in [2.24, 2.45) is 0 Å². The van der Waals surface area contributed by atoms with Gasteiger partial charge in [0, 0.05) is 43.9 Å². The number of nitrogens with zero attached hydrogens (tertiary/aromatic N) is 4. The van der Waals surface area contributed by atoms with Gasteiger partial charge in [-0.15, -0.1) is 0 Å². The van der Waals surface area contributed by atoms with Crippen molar-refractivity contribution in [3.8, 4) is 5.82 Å². The van der Waals surface area contributed by atoms with E-state index in [1.54, 1.807) is 47.8 Å². The van der Waals surface area contributed by atoms with Crippen LogP contribution in [0.3, 0.4) is 0 Å². The van der Waals surface area contributed by atoms with E-state index in [1.165, 1.54) is 0 Å². The van der Waals surface area contributed by atoms with Gasteiger partial charge in [0.2, 0.25) is 0 Å². The largest absolute Gasteiger partial charge is 0.352 e. The summed E-state index contributed by atoms with van der Waals surface area (Å²) in [6.07, 6.45) is 13.1. The maximum atomic E-state index is 12.0. The van der Waals surface area contributed by atoms with E-state index in [9.17, 15) is 4.79 Å². The molecule has 1 amide bonds. The molecular formula is C16H18N6O. The zero-order valence-corrected chi connectivity index (χ0v) is 12.6. The molecule has 0 bridgehead atoms. The number of carbonyl (C=O) groups is 1. The molecule has 0 radical (unpaired) electrons. The molecule has 0 aliphatic heterocycles. The Bertz CT molecular complexity index is 719. The van der Waals surface area contributed by atoms with Crippen LogP contribution in [0.4, 0.5) is 0 Å². The topological polar surface area (TPSA) is 88.5 Å². The normalized spacial score (nSPS) is 10.6. The second-order valence-electron chi connectivity index (χ2n) is 5.12. The van der Waals surface area contributed by atoms with E-state index >= 15 is 0 Å². The van der Waals surface area contributed by atoms with E-state index in [0.717, 1.165) is 30.9 Å². The molecule has 3 rings (SSSR count). The first-order chi connectivity index (χ1) is 11.3. The van der Waals surface area contributed by atoms with Gasteiger partial charge >= 0.3 is 0 Å². The number of nitrogens with one attached hydrogen (secondary N) is 2. The van der Waals surface area contributed by atoms with E-state index in [4.69, 9.17) is 0 Å². The molecule has 118 valence electrons. The Labute approximate surface area is 133 Å². The van der Waals surface area contributed by atoms with Crippen molar-refractivity contribution in [1.29, 1.82) is 0 Å². The molecule has 2 N–H and O–H groups in total. The summed E-state index contributed by atoms with van der Waals surface area (Å²) >= 11 is 0. The maximum Gasteiger partial charge on any atom is 0.252 e. The predicted molar refractivity (Wildman–Crippen MR) is 85.2 cm³/mol. The number of aromatic amines is 1. The van der Waals surface area contributed by atoms with Gasteiger partial charge < -0.3 is 10.3 Å². The number of pyridine rings is 1. The van der Waals surface area contributed by atoms with E-state index in [2.05, 4.69) is 25.3 Å². The molecule has 0 fully saturated rings. The summed E-state index contributed by atoms with van der Waals surface area (Å²) in [7, 11) is 0. The van der Waals surface area contributed by atoms with Crippen LogP contribution >= 0.6 is 0 Å². The van der Waals surface area contributed by atoms with Gasteiger partial charge in [0.05, 0.1) is 5.56 Å². The molecule has 0 aliphatic carbocycles. The fourth-order valence-corrected chi connectivity index (χ4v) is 2.22. The highest BCUT2D eigenvalue weighted by Gasteiger charge is 2.06. The first-order valence-electron chi connectivity index (χ1n) is 7.54. The maximum absolute atomic E-state index is 12.0. The van der Waals surface area contributed by atoms with E-state index < -0.39 is 0 Å². The SMILES string of the molecule is O=C(NCCCCc1ncc[nH]1)c1ccc(-n2ccnc2)nc1. The summed E-state index contributed by atoms with van der Waals surface area (Å²) in [4.78, 5) is 27.5. The van der Waals surface area contributed by atoms with E-state index in [-0.39, 0.29) is 5.91 Å². The Balaban J connectivity index is 1.43. The van der Waals surface area contributed by atoms with Gasteiger partial charge in [-0.25, -0.2) is 15.0 Å². The molecule has 0 saturated heterocycles. The Kier molecular flexibility index (Phi) is 4.78. The van der Waals surface area contributed by atoms with Crippen molar-refractivity contribution in [2.45, 2.75) is 19.3 Å². The van der Waals surface area contributed by atoms with Gasteiger partial charge in [-0.05, 0) is 25.0 Å². The van der Waals surface area contributed by atoms with Crippen LogP contribution in [-0.4, -0.2) is 37.0 Å². The van der Waals surface area contributed by atoms with Gasteiger partial charge in [-0.1, -0.05) is 0 Å². The molecule has 0 spiro atoms. The molecular weight excluding hydrogens is 292 g/mol. The van der Waals surface area contributed by atoms with Crippen molar-refractivity contribution in [3.63, 3.8) is 0 Å². The summed E-state index contributed by atoms with van der Waals surface area (Å²) in [5.74, 6) is 1.61. The van der Waals surface area contributed by atoms with Crippen LogP contribution in [0, 0.1) is 0 Å². The summed E-state index contributed by atoms with van der Waals surface area (Å²) in [6.45, 7) is 0.642. The smallest absolute Gasteiger partial charge is 0.252 e. The third-order valence-electron chi connectivity index (χ3n) is 3.46. The second-order valence-corrected chi connectivity index (χ2v) is 5.12. The number of aromatic nitrogens is 5. The molecule has 3 aromatic heterocycles. The quantitative estimate of drug-likeness (QED) is 0.651. The Morgan fingerprint density at radius 1 is 1.22 bits per heavy atom. The first kappa shape index (κ1) is 15.0. The lowest BCUT2D eigenvalue weighted by Gasteiger charge is -2.06. The number of hydrogen-bond acceptors (Lipinski definition) is 4. The highest BCUT2D eigenvalue weighted by atomic mass is 16.1. The Morgan fingerprint density at radius 2 is 2.17 bits per heavy atom. The van der Waals surface area contributed by atoms with Crippen LogP contribution in [0.1, 0.15) is 29.0 Å².